The van der Waals surface area contributed by atoms with Gasteiger partial charge in [0.25, 0.3) is 0 Å². The molecule has 0 bridgehead atoms. The Balaban J connectivity index is 0.00000169. The number of aliphatic carboxylic acids is 1. The molecule has 0 aliphatic rings. The van der Waals surface area contributed by atoms with E-state index in [0.29, 0.717) is 5.56 Å². The summed E-state index contributed by atoms with van der Waals surface area (Å²) in [4.78, 5) is 10.0. The van der Waals surface area contributed by atoms with E-state index in [2.05, 4.69) is 0 Å². The molecule has 0 saturated heterocycles. The van der Waals surface area contributed by atoms with Gasteiger partial charge in [-0.3, -0.25) is 0 Å². The molecule has 0 heterocycles. The third kappa shape index (κ3) is 3.83. The standard InChI is InChI=1S/C9H8O4.Na/c10-7-3-1-6(5-8(7)11)2-4-9(12)13;/h1-5,10-11H,(H,12,13);/q;+1/p-1/b4-2+;. The number of phenols is 2. The van der Waals surface area contributed by atoms with E-state index >= 15 is 0 Å². The van der Waals surface area contributed by atoms with Crippen LogP contribution in [0.3, 0.4) is 0 Å². The minimum atomic E-state index is -1.31. The molecule has 0 fully saturated rings. The predicted molar refractivity (Wildman–Crippen MR) is 43.8 cm³/mol. The zero-order valence-corrected chi connectivity index (χ0v) is 9.60. The van der Waals surface area contributed by atoms with Crippen molar-refractivity contribution in [1.82, 2.24) is 0 Å². The number of benzene rings is 1. The SMILES string of the molecule is O=C([O-])/C=C/c1ccc(O)c(O)c1.[Na+]. The first-order valence-electron chi connectivity index (χ1n) is 3.50. The van der Waals surface area contributed by atoms with Crippen LogP contribution in [0.25, 0.3) is 6.08 Å². The van der Waals surface area contributed by atoms with E-state index < -0.39 is 5.97 Å². The third-order valence-corrected chi connectivity index (χ3v) is 1.41. The van der Waals surface area contributed by atoms with Crippen molar-refractivity contribution in [2.45, 2.75) is 0 Å². The Hall–Kier alpha value is -0.970. The molecule has 0 amide bonds. The molecule has 68 valence electrons. The number of carbonyl (C=O) groups is 1. The average molecular weight is 202 g/mol. The number of hydrogen-bond donors (Lipinski definition) is 2. The monoisotopic (exact) mass is 202 g/mol. The quantitative estimate of drug-likeness (QED) is 0.302. The van der Waals surface area contributed by atoms with Crippen LogP contribution < -0.4 is 34.7 Å². The summed E-state index contributed by atoms with van der Waals surface area (Å²) >= 11 is 0. The minimum Gasteiger partial charge on any atom is -0.545 e. The van der Waals surface area contributed by atoms with Gasteiger partial charge in [0.15, 0.2) is 11.5 Å². The Bertz CT molecular complexity index is 360. The van der Waals surface area contributed by atoms with E-state index in [1.54, 1.807) is 0 Å². The molecular weight excluding hydrogens is 195 g/mol. The second-order valence-corrected chi connectivity index (χ2v) is 2.40. The molecule has 4 nitrogen and oxygen atoms in total. The summed E-state index contributed by atoms with van der Waals surface area (Å²) in [6, 6.07) is 3.98. The van der Waals surface area contributed by atoms with Gasteiger partial charge in [0.1, 0.15) is 0 Å². The number of carboxylic acid groups (broad SMARTS) is 1. The summed E-state index contributed by atoms with van der Waals surface area (Å²) in [5, 5.41) is 28.0. The van der Waals surface area contributed by atoms with Crippen molar-refractivity contribution in [3.8, 4) is 11.5 Å². The molecule has 14 heavy (non-hydrogen) atoms. The zero-order chi connectivity index (χ0) is 9.84. The third-order valence-electron chi connectivity index (χ3n) is 1.41. The smallest absolute Gasteiger partial charge is 0.545 e. The maximum absolute atomic E-state index is 10.0. The van der Waals surface area contributed by atoms with Gasteiger partial charge in [-0.25, -0.2) is 0 Å². The fourth-order valence-electron chi connectivity index (χ4n) is 0.808. The van der Waals surface area contributed by atoms with E-state index in [4.69, 9.17) is 10.2 Å². The van der Waals surface area contributed by atoms with Gasteiger partial charge in [0.2, 0.25) is 0 Å². The molecule has 0 aliphatic carbocycles. The van der Waals surface area contributed by atoms with Gasteiger partial charge in [0, 0.05) is 0 Å². The second kappa shape index (κ2) is 5.70. The van der Waals surface area contributed by atoms with E-state index in [9.17, 15) is 9.90 Å². The van der Waals surface area contributed by atoms with Crippen molar-refractivity contribution in [2.75, 3.05) is 0 Å². The van der Waals surface area contributed by atoms with Gasteiger partial charge >= 0.3 is 29.6 Å². The number of aromatic hydroxyl groups is 2. The predicted octanol–water partition coefficient (Wildman–Crippen LogP) is -3.14. The van der Waals surface area contributed by atoms with Crippen molar-refractivity contribution in [1.29, 1.82) is 0 Å². The molecular formula is C9H7NaO4. The van der Waals surface area contributed by atoms with Crippen LogP contribution in [0.1, 0.15) is 5.56 Å². The fourth-order valence-corrected chi connectivity index (χ4v) is 0.808. The van der Waals surface area contributed by atoms with E-state index in [-0.39, 0.29) is 41.1 Å². The van der Waals surface area contributed by atoms with Gasteiger partial charge in [-0.05, 0) is 23.8 Å². The summed E-state index contributed by atoms with van der Waals surface area (Å²) in [6.07, 6.45) is 2.10. The van der Waals surface area contributed by atoms with E-state index in [1.165, 1.54) is 24.3 Å². The van der Waals surface area contributed by atoms with Crippen molar-refractivity contribution < 1.29 is 49.7 Å². The zero-order valence-electron chi connectivity index (χ0n) is 7.60. The normalized spacial score (nSPS) is 9.71. The number of rotatable bonds is 2. The Labute approximate surface area is 103 Å². The molecule has 0 unspecified atom stereocenters. The van der Waals surface area contributed by atoms with Gasteiger partial charge < -0.3 is 20.1 Å². The molecule has 1 aromatic rings. The van der Waals surface area contributed by atoms with Crippen molar-refractivity contribution in [3.63, 3.8) is 0 Å². The van der Waals surface area contributed by atoms with Gasteiger partial charge in [-0.1, -0.05) is 12.1 Å². The van der Waals surface area contributed by atoms with Crippen LogP contribution in [-0.2, 0) is 4.79 Å². The Kier molecular flexibility index (Phi) is 5.30. The second-order valence-electron chi connectivity index (χ2n) is 2.40. The summed E-state index contributed by atoms with van der Waals surface area (Å²) in [6.45, 7) is 0. The first kappa shape index (κ1) is 13.0. The van der Waals surface area contributed by atoms with Gasteiger partial charge in [-0.2, -0.15) is 0 Å². The Morgan fingerprint density at radius 3 is 2.43 bits per heavy atom. The first-order valence-corrected chi connectivity index (χ1v) is 3.50. The molecule has 1 aromatic carbocycles. The Morgan fingerprint density at radius 1 is 1.29 bits per heavy atom. The maximum atomic E-state index is 10.0. The van der Waals surface area contributed by atoms with Crippen LogP contribution in [0.4, 0.5) is 0 Å². The van der Waals surface area contributed by atoms with E-state index in [0.717, 1.165) is 6.08 Å². The maximum Gasteiger partial charge on any atom is 1.00 e. The topological polar surface area (TPSA) is 80.6 Å². The number of phenolic OH excluding ortho intramolecular Hbond substituents is 2. The van der Waals surface area contributed by atoms with Crippen LogP contribution in [0, 0.1) is 0 Å². The van der Waals surface area contributed by atoms with Crippen LogP contribution in [0.15, 0.2) is 24.3 Å². The number of hydrogen-bond acceptors (Lipinski definition) is 4. The molecule has 5 heteroatoms. The first-order chi connectivity index (χ1) is 6.09. The average Bonchev–Trinajstić information content (AvgIpc) is 2.07. The van der Waals surface area contributed by atoms with Crippen LogP contribution >= 0.6 is 0 Å². The summed E-state index contributed by atoms with van der Waals surface area (Å²) in [7, 11) is 0. The van der Waals surface area contributed by atoms with Gasteiger partial charge in [0.05, 0.1) is 5.97 Å². The number of carbonyl (C=O) groups excluding carboxylic acids is 1. The molecule has 0 saturated carbocycles. The van der Waals surface area contributed by atoms with Gasteiger partial charge in [-0.15, -0.1) is 0 Å². The molecule has 1 rings (SSSR count). The Morgan fingerprint density at radius 2 is 1.93 bits per heavy atom. The largest absolute Gasteiger partial charge is 1.00 e. The molecule has 0 atom stereocenters. The minimum absolute atomic E-state index is 0. The van der Waals surface area contributed by atoms with Crippen LogP contribution in [-0.4, -0.2) is 16.2 Å². The van der Waals surface area contributed by atoms with Crippen LogP contribution in [0.2, 0.25) is 0 Å². The molecule has 0 radical (unpaired) electrons. The summed E-state index contributed by atoms with van der Waals surface area (Å²) in [5.41, 5.74) is 0.472. The van der Waals surface area contributed by atoms with E-state index in [1.807, 2.05) is 0 Å². The summed E-state index contributed by atoms with van der Waals surface area (Å²) < 4.78 is 0. The fraction of sp³-hybridized carbons (Fsp3) is 0. The van der Waals surface area contributed by atoms with Crippen molar-refractivity contribution in [3.05, 3.63) is 29.8 Å². The molecule has 2 N–H and O–H groups in total. The molecule has 0 spiro atoms. The molecule has 0 aliphatic heterocycles. The van der Waals surface area contributed by atoms with Crippen LogP contribution in [0.5, 0.6) is 11.5 Å². The van der Waals surface area contributed by atoms with Crippen molar-refractivity contribution >= 4 is 12.0 Å². The molecule has 0 aromatic heterocycles. The summed E-state index contributed by atoms with van der Waals surface area (Å²) in [5.74, 6) is -1.85. The van der Waals surface area contributed by atoms with Crippen molar-refractivity contribution in [2.24, 2.45) is 0 Å². The number of carboxylic acids is 1.